The monoisotopic (exact) mass is 238 g/mol. The van der Waals surface area contributed by atoms with Gasteiger partial charge >= 0.3 is 0 Å². The molecular formula is C12H11FO2S. The lowest BCUT2D eigenvalue weighted by molar-refractivity contribution is 0.276. The van der Waals surface area contributed by atoms with Crippen molar-refractivity contribution in [2.45, 2.75) is 13.2 Å². The molecule has 2 nitrogen and oxygen atoms in total. The Hall–Kier alpha value is -1.39. The van der Waals surface area contributed by atoms with Gasteiger partial charge in [0.25, 0.3) is 0 Å². The van der Waals surface area contributed by atoms with Crippen molar-refractivity contribution in [2.75, 3.05) is 0 Å². The van der Waals surface area contributed by atoms with Crippen molar-refractivity contribution in [2.24, 2.45) is 0 Å². The third-order valence-corrected chi connectivity index (χ3v) is 2.83. The molecule has 0 unspecified atom stereocenters. The molecule has 0 saturated heterocycles. The fourth-order valence-electron chi connectivity index (χ4n) is 1.34. The van der Waals surface area contributed by atoms with E-state index in [1.54, 1.807) is 17.4 Å². The first-order chi connectivity index (χ1) is 7.78. The number of thiophene rings is 1. The first-order valence-electron chi connectivity index (χ1n) is 4.82. The van der Waals surface area contributed by atoms with Gasteiger partial charge in [0.05, 0.1) is 6.61 Å². The molecular weight excluding hydrogens is 227 g/mol. The summed E-state index contributed by atoms with van der Waals surface area (Å²) in [5.41, 5.74) is 1.57. The third-order valence-electron chi connectivity index (χ3n) is 2.10. The van der Waals surface area contributed by atoms with Gasteiger partial charge in [-0.2, -0.15) is 11.3 Å². The zero-order valence-electron chi connectivity index (χ0n) is 8.52. The average Bonchev–Trinajstić information content (AvgIpc) is 2.78. The van der Waals surface area contributed by atoms with E-state index in [0.29, 0.717) is 17.9 Å². The number of aliphatic hydroxyl groups is 1. The minimum atomic E-state index is -0.396. The quantitative estimate of drug-likeness (QED) is 0.887. The van der Waals surface area contributed by atoms with Crippen molar-refractivity contribution in [3.05, 3.63) is 52.0 Å². The molecule has 1 heterocycles. The predicted molar refractivity (Wildman–Crippen MR) is 61.0 cm³/mol. The number of hydrogen-bond acceptors (Lipinski definition) is 3. The molecule has 16 heavy (non-hydrogen) atoms. The van der Waals surface area contributed by atoms with Crippen molar-refractivity contribution in [3.63, 3.8) is 0 Å². The topological polar surface area (TPSA) is 29.5 Å². The number of rotatable bonds is 4. The Morgan fingerprint density at radius 3 is 2.81 bits per heavy atom. The summed E-state index contributed by atoms with van der Waals surface area (Å²) in [7, 11) is 0. The van der Waals surface area contributed by atoms with Crippen LogP contribution in [-0.2, 0) is 13.2 Å². The molecule has 0 aliphatic rings. The first kappa shape index (κ1) is 11.1. The van der Waals surface area contributed by atoms with E-state index in [0.717, 1.165) is 5.56 Å². The van der Waals surface area contributed by atoms with E-state index in [4.69, 9.17) is 9.84 Å². The van der Waals surface area contributed by atoms with Crippen LogP contribution in [0.2, 0.25) is 0 Å². The predicted octanol–water partition coefficient (Wildman–Crippen LogP) is 2.96. The van der Waals surface area contributed by atoms with Gasteiger partial charge in [-0.25, -0.2) is 4.39 Å². The second kappa shape index (κ2) is 5.09. The highest BCUT2D eigenvalue weighted by atomic mass is 32.1. The van der Waals surface area contributed by atoms with Gasteiger partial charge in [-0.1, -0.05) is 0 Å². The lowest BCUT2D eigenvalue weighted by atomic mass is 10.2. The summed E-state index contributed by atoms with van der Waals surface area (Å²) >= 11 is 1.59. The van der Waals surface area contributed by atoms with E-state index in [9.17, 15) is 4.39 Å². The summed E-state index contributed by atoms with van der Waals surface area (Å²) in [6.07, 6.45) is 0. The lowest BCUT2D eigenvalue weighted by Gasteiger charge is -2.06. The molecule has 0 fully saturated rings. The van der Waals surface area contributed by atoms with E-state index >= 15 is 0 Å². The molecule has 0 amide bonds. The van der Waals surface area contributed by atoms with Crippen LogP contribution >= 0.6 is 11.3 Å². The van der Waals surface area contributed by atoms with Gasteiger partial charge in [-0.3, -0.25) is 0 Å². The van der Waals surface area contributed by atoms with Gasteiger partial charge in [-0.15, -0.1) is 0 Å². The van der Waals surface area contributed by atoms with Crippen LogP contribution in [-0.4, -0.2) is 5.11 Å². The molecule has 0 radical (unpaired) electrons. The summed E-state index contributed by atoms with van der Waals surface area (Å²) in [6, 6.07) is 6.19. The zero-order chi connectivity index (χ0) is 11.4. The van der Waals surface area contributed by atoms with Crippen molar-refractivity contribution >= 4 is 11.3 Å². The highest BCUT2D eigenvalue weighted by molar-refractivity contribution is 7.07. The molecule has 0 aliphatic carbocycles. The van der Waals surface area contributed by atoms with Crippen LogP contribution in [0.3, 0.4) is 0 Å². The number of aliphatic hydroxyl groups excluding tert-OH is 1. The van der Waals surface area contributed by atoms with Gasteiger partial charge in [0.1, 0.15) is 18.2 Å². The maximum atomic E-state index is 13.1. The summed E-state index contributed by atoms with van der Waals surface area (Å²) in [4.78, 5) is 0. The van der Waals surface area contributed by atoms with Gasteiger partial charge in [0.2, 0.25) is 0 Å². The Morgan fingerprint density at radius 2 is 2.12 bits per heavy atom. The van der Waals surface area contributed by atoms with Gasteiger partial charge in [0.15, 0.2) is 0 Å². The summed E-state index contributed by atoms with van der Waals surface area (Å²) in [6.45, 7) is 0.227. The van der Waals surface area contributed by atoms with Gasteiger partial charge in [0, 0.05) is 6.07 Å². The van der Waals surface area contributed by atoms with Gasteiger partial charge < -0.3 is 9.84 Å². The number of halogens is 1. The largest absolute Gasteiger partial charge is 0.489 e. The first-order valence-corrected chi connectivity index (χ1v) is 5.76. The summed E-state index contributed by atoms with van der Waals surface area (Å²) in [5, 5.41) is 12.9. The second-order valence-corrected chi connectivity index (χ2v) is 4.15. The van der Waals surface area contributed by atoms with E-state index in [1.165, 1.54) is 12.1 Å². The Bertz CT molecular complexity index is 454. The molecule has 84 valence electrons. The average molecular weight is 238 g/mol. The fourth-order valence-corrected chi connectivity index (χ4v) is 1.99. The lowest BCUT2D eigenvalue weighted by Crippen LogP contribution is -1.95. The molecule has 1 aromatic heterocycles. The Labute approximate surface area is 96.9 Å². The molecule has 0 atom stereocenters. The Kier molecular flexibility index (Phi) is 3.54. The normalized spacial score (nSPS) is 10.4. The molecule has 1 N–H and O–H groups in total. The standard InChI is InChI=1S/C12H11FO2S/c13-11-3-10(6-14)4-12(5-11)15-7-9-1-2-16-8-9/h1-5,8,14H,6-7H2. The molecule has 0 bridgehead atoms. The van der Waals surface area contributed by atoms with Crippen LogP contribution in [0.1, 0.15) is 11.1 Å². The van der Waals surface area contributed by atoms with Crippen LogP contribution in [0, 0.1) is 5.82 Å². The van der Waals surface area contributed by atoms with Crippen LogP contribution in [0.4, 0.5) is 4.39 Å². The van der Waals surface area contributed by atoms with E-state index in [2.05, 4.69) is 0 Å². The fraction of sp³-hybridized carbons (Fsp3) is 0.167. The number of benzene rings is 1. The highest BCUT2D eigenvalue weighted by Gasteiger charge is 2.02. The maximum absolute atomic E-state index is 13.1. The Balaban J connectivity index is 2.06. The molecule has 0 aliphatic heterocycles. The number of hydrogen-bond donors (Lipinski definition) is 1. The second-order valence-electron chi connectivity index (χ2n) is 3.37. The third kappa shape index (κ3) is 2.81. The molecule has 2 rings (SSSR count). The molecule has 0 spiro atoms. The highest BCUT2D eigenvalue weighted by Crippen LogP contribution is 2.18. The molecule has 4 heteroatoms. The summed E-state index contributed by atoms with van der Waals surface area (Å²) in [5.74, 6) is 0.0436. The van der Waals surface area contributed by atoms with Crippen LogP contribution in [0.15, 0.2) is 35.0 Å². The molecule has 0 saturated carbocycles. The smallest absolute Gasteiger partial charge is 0.127 e. The van der Waals surface area contributed by atoms with Crippen molar-refractivity contribution in [1.29, 1.82) is 0 Å². The molecule has 1 aromatic carbocycles. The van der Waals surface area contributed by atoms with Crippen LogP contribution in [0.25, 0.3) is 0 Å². The van der Waals surface area contributed by atoms with E-state index in [1.807, 2.05) is 16.8 Å². The Morgan fingerprint density at radius 1 is 1.25 bits per heavy atom. The van der Waals surface area contributed by atoms with Crippen LogP contribution < -0.4 is 4.74 Å². The zero-order valence-corrected chi connectivity index (χ0v) is 9.34. The van der Waals surface area contributed by atoms with Crippen molar-refractivity contribution in [1.82, 2.24) is 0 Å². The summed E-state index contributed by atoms with van der Waals surface area (Å²) < 4.78 is 18.5. The van der Waals surface area contributed by atoms with E-state index < -0.39 is 5.82 Å². The molecule has 2 aromatic rings. The van der Waals surface area contributed by atoms with E-state index in [-0.39, 0.29) is 6.61 Å². The minimum absolute atomic E-state index is 0.188. The number of ether oxygens (including phenoxy) is 1. The SMILES string of the molecule is OCc1cc(F)cc(OCc2ccsc2)c1. The van der Waals surface area contributed by atoms with Crippen molar-refractivity contribution < 1.29 is 14.2 Å². The minimum Gasteiger partial charge on any atom is -0.489 e. The van der Waals surface area contributed by atoms with Crippen molar-refractivity contribution in [3.8, 4) is 5.75 Å². The van der Waals surface area contributed by atoms with Crippen LogP contribution in [0.5, 0.6) is 5.75 Å². The van der Waals surface area contributed by atoms with Gasteiger partial charge in [-0.05, 0) is 40.1 Å². The maximum Gasteiger partial charge on any atom is 0.127 e.